The van der Waals surface area contributed by atoms with Gasteiger partial charge in [-0.3, -0.25) is 14.9 Å². The molecule has 1 aromatic heterocycles. The van der Waals surface area contributed by atoms with E-state index < -0.39 is 11.2 Å². The highest BCUT2D eigenvalue weighted by molar-refractivity contribution is 5.79. The fourth-order valence-corrected chi connectivity index (χ4v) is 2.81. The minimum Gasteiger partial charge on any atom is -0.348 e. The van der Waals surface area contributed by atoms with Gasteiger partial charge in [0.15, 0.2) is 0 Å². The van der Waals surface area contributed by atoms with Crippen LogP contribution in [-0.2, 0) is 16.1 Å². The van der Waals surface area contributed by atoms with Crippen LogP contribution < -0.4 is 5.32 Å². The molecule has 9 nitrogen and oxygen atoms in total. The Kier molecular flexibility index (Phi) is 6.52. The molecule has 1 atom stereocenters. The molecule has 0 spiro atoms. The van der Waals surface area contributed by atoms with E-state index in [-0.39, 0.29) is 18.1 Å². The number of nitrogens with zero attached hydrogens (tertiary/aromatic N) is 4. The van der Waals surface area contributed by atoms with Crippen LogP contribution >= 0.6 is 0 Å². The predicted molar refractivity (Wildman–Crippen MR) is 108 cm³/mol. The first-order chi connectivity index (χ1) is 14.5. The Hall–Kier alpha value is -4.03. The van der Waals surface area contributed by atoms with Gasteiger partial charge in [-0.2, -0.15) is 10.4 Å². The van der Waals surface area contributed by atoms with E-state index in [2.05, 4.69) is 10.4 Å². The number of hydrogen-bond acceptors (Lipinski definition) is 6. The second-order valence-electron chi connectivity index (χ2n) is 6.32. The number of carbonyl (C=O) groups is 1. The Morgan fingerprint density at radius 3 is 2.73 bits per heavy atom. The number of rotatable bonds is 8. The Balaban J connectivity index is 1.74. The lowest BCUT2D eigenvalue weighted by Crippen LogP contribution is -2.34. The topological polar surface area (TPSA) is 123 Å². The maximum Gasteiger partial charge on any atom is 0.272 e. The first-order valence-corrected chi connectivity index (χ1v) is 9.20. The van der Waals surface area contributed by atoms with E-state index in [0.717, 1.165) is 5.56 Å². The van der Waals surface area contributed by atoms with Gasteiger partial charge in [-0.15, -0.1) is 0 Å². The minimum atomic E-state index is -0.985. The normalized spacial score (nSPS) is 11.5. The third-order valence-corrected chi connectivity index (χ3v) is 4.30. The molecule has 1 heterocycles. The fourth-order valence-electron chi connectivity index (χ4n) is 2.81. The van der Waals surface area contributed by atoms with Gasteiger partial charge < -0.3 is 10.1 Å². The highest BCUT2D eigenvalue weighted by atomic mass is 16.6. The maximum atomic E-state index is 12.7. The number of nitrogens with one attached hydrogen (secondary N) is 1. The van der Waals surface area contributed by atoms with Crippen LogP contribution in [0.5, 0.6) is 0 Å². The van der Waals surface area contributed by atoms with Gasteiger partial charge in [0.1, 0.15) is 0 Å². The first-order valence-electron chi connectivity index (χ1n) is 9.20. The Morgan fingerprint density at radius 1 is 1.30 bits per heavy atom. The fraction of sp³-hybridized carbons (Fsp3) is 0.190. The highest BCUT2D eigenvalue weighted by Crippen LogP contribution is 2.23. The van der Waals surface area contributed by atoms with Gasteiger partial charge in [0.2, 0.25) is 6.23 Å². The molecule has 0 radical (unpaired) electrons. The summed E-state index contributed by atoms with van der Waals surface area (Å²) in [6.45, 7) is 2.33. The van der Waals surface area contributed by atoms with Crippen LogP contribution in [0.15, 0.2) is 60.8 Å². The lowest BCUT2D eigenvalue weighted by Gasteiger charge is -2.17. The number of nitro benzene ring substituents is 1. The smallest absolute Gasteiger partial charge is 0.272 e. The van der Waals surface area contributed by atoms with Crippen LogP contribution in [0.25, 0.3) is 11.3 Å². The quantitative estimate of drug-likeness (QED) is 0.453. The molecule has 0 saturated heterocycles. The summed E-state index contributed by atoms with van der Waals surface area (Å²) in [5.41, 5.74) is 2.40. The molecule has 30 heavy (non-hydrogen) atoms. The van der Waals surface area contributed by atoms with E-state index in [1.165, 1.54) is 16.8 Å². The van der Waals surface area contributed by atoms with E-state index in [4.69, 9.17) is 10.00 Å². The van der Waals surface area contributed by atoms with Crippen molar-refractivity contribution in [3.63, 3.8) is 0 Å². The lowest BCUT2D eigenvalue weighted by molar-refractivity contribution is -0.384. The van der Waals surface area contributed by atoms with Crippen LogP contribution in [0, 0.1) is 21.4 Å². The molecule has 9 heteroatoms. The summed E-state index contributed by atoms with van der Waals surface area (Å²) < 4.78 is 6.94. The number of nitro groups is 1. The Bertz CT molecular complexity index is 1090. The van der Waals surface area contributed by atoms with Crippen molar-refractivity contribution >= 4 is 11.6 Å². The van der Waals surface area contributed by atoms with Crippen LogP contribution in [0.2, 0.25) is 0 Å². The van der Waals surface area contributed by atoms with Crippen LogP contribution in [0.4, 0.5) is 5.69 Å². The molecule has 0 aliphatic carbocycles. The van der Waals surface area contributed by atoms with E-state index in [9.17, 15) is 14.9 Å². The van der Waals surface area contributed by atoms with Crippen molar-refractivity contribution in [1.82, 2.24) is 15.1 Å². The summed E-state index contributed by atoms with van der Waals surface area (Å²) in [5.74, 6) is -0.380. The molecular weight excluding hydrogens is 386 g/mol. The number of ether oxygens (including phenoxy) is 1. The van der Waals surface area contributed by atoms with Crippen molar-refractivity contribution in [3.05, 3.63) is 82.0 Å². The average molecular weight is 405 g/mol. The molecule has 0 fully saturated rings. The first kappa shape index (κ1) is 20.7. The molecule has 1 unspecified atom stereocenters. The van der Waals surface area contributed by atoms with Gasteiger partial charge in [0.05, 0.1) is 22.2 Å². The molecule has 1 N–H and O–H groups in total. The summed E-state index contributed by atoms with van der Waals surface area (Å²) in [6.07, 6.45) is 0.608. The van der Waals surface area contributed by atoms with Gasteiger partial charge in [0.25, 0.3) is 11.6 Å². The summed E-state index contributed by atoms with van der Waals surface area (Å²) >= 11 is 0. The van der Waals surface area contributed by atoms with Crippen molar-refractivity contribution in [2.24, 2.45) is 0 Å². The maximum absolute atomic E-state index is 12.7. The van der Waals surface area contributed by atoms with Gasteiger partial charge in [-0.1, -0.05) is 24.3 Å². The predicted octanol–water partition coefficient (Wildman–Crippen LogP) is 3.18. The summed E-state index contributed by atoms with van der Waals surface area (Å²) in [6, 6.07) is 16.7. The van der Waals surface area contributed by atoms with Crippen LogP contribution in [0.3, 0.4) is 0 Å². The third-order valence-electron chi connectivity index (χ3n) is 4.30. The standard InChI is InChI=1S/C21H19N5O4/c1-2-30-21(20(27)23-14-16-8-6-15(13-22)7-9-16)25-11-10-19(24-25)17-4-3-5-18(12-17)26(28)29/h3-12,21H,2,14H2,1H3,(H,23,27). The molecular formula is C21H19N5O4. The van der Waals surface area contributed by atoms with E-state index >= 15 is 0 Å². The Morgan fingerprint density at radius 2 is 2.07 bits per heavy atom. The molecule has 0 aliphatic rings. The number of nitriles is 1. The van der Waals surface area contributed by atoms with Crippen molar-refractivity contribution in [1.29, 1.82) is 5.26 Å². The summed E-state index contributed by atoms with van der Waals surface area (Å²) in [5, 5.41) is 27.0. The minimum absolute atomic E-state index is 0.0384. The number of aromatic nitrogens is 2. The molecule has 0 aliphatic heterocycles. The van der Waals surface area contributed by atoms with E-state index in [1.54, 1.807) is 55.6 Å². The molecule has 1 amide bonds. The van der Waals surface area contributed by atoms with E-state index in [1.807, 2.05) is 6.07 Å². The molecule has 0 saturated carbocycles. The van der Waals surface area contributed by atoms with Crippen molar-refractivity contribution in [2.75, 3.05) is 6.61 Å². The summed E-state index contributed by atoms with van der Waals surface area (Å²) in [4.78, 5) is 23.2. The number of carbonyl (C=O) groups excluding carboxylic acids is 1. The zero-order valence-corrected chi connectivity index (χ0v) is 16.2. The number of amides is 1. The second kappa shape index (κ2) is 9.45. The number of benzene rings is 2. The summed E-state index contributed by atoms with van der Waals surface area (Å²) in [7, 11) is 0. The number of hydrogen-bond donors (Lipinski definition) is 1. The zero-order valence-electron chi connectivity index (χ0n) is 16.2. The number of non-ortho nitro benzene ring substituents is 1. The monoisotopic (exact) mass is 405 g/mol. The molecule has 3 aromatic rings. The highest BCUT2D eigenvalue weighted by Gasteiger charge is 2.22. The van der Waals surface area contributed by atoms with Crippen molar-refractivity contribution in [3.8, 4) is 17.3 Å². The van der Waals surface area contributed by atoms with Gasteiger partial charge in [-0.25, -0.2) is 4.68 Å². The second-order valence-corrected chi connectivity index (χ2v) is 6.32. The molecule has 2 aromatic carbocycles. The van der Waals surface area contributed by atoms with Gasteiger partial charge in [-0.05, 0) is 30.7 Å². The van der Waals surface area contributed by atoms with Crippen molar-refractivity contribution < 1.29 is 14.5 Å². The molecule has 152 valence electrons. The largest absolute Gasteiger partial charge is 0.348 e. The SMILES string of the molecule is CCOC(C(=O)NCc1ccc(C#N)cc1)n1ccc(-c2cccc([N+](=O)[O-])c2)n1. The van der Waals surface area contributed by atoms with E-state index in [0.29, 0.717) is 23.4 Å². The average Bonchev–Trinajstić information content (AvgIpc) is 3.26. The zero-order chi connectivity index (χ0) is 21.5. The lowest BCUT2D eigenvalue weighted by atomic mass is 10.1. The Labute approximate surface area is 172 Å². The van der Waals surface area contributed by atoms with Crippen LogP contribution in [-0.4, -0.2) is 27.2 Å². The van der Waals surface area contributed by atoms with Gasteiger partial charge >= 0.3 is 0 Å². The third kappa shape index (κ3) is 4.87. The van der Waals surface area contributed by atoms with Crippen LogP contribution in [0.1, 0.15) is 24.3 Å². The van der Waals surface area contributed by atoms with Gasteiger partial charge in [0, 0.05) is 37.0 Å². The molecule has 3 rings (SSSR count). The van der Waals surface area contributed by atoms with Crippen molar-refractivity contribution in [2.45, 2.75) is 19.7 Å². The molecule has 0 bridgehead atoms.